The lowest BCUT2D eigenvalue weighted by Gasteiger charge is -2.24. The summed E-state index contributed by atoms with van der Waals surface area (Å²) in [6, 6.07) is 9.28. The van der Waals surface area contributed by atoms with Gasteiger partial charge in [0.1, 0.15) is 11.6 Å². The maximum absolute atomic E-state index is 13.2. The van der Waals surface area contributed by atoms with Crippen LogP contribution in [-0.2, 0) is 21.1 Å². The fourth-order valence-corrected chi connectivity index (χ4v) is 4.75. The van der Waals surface area contributed by atoms with E-state index in [2.05, 4.69) is 10.3 Å². The normalized spacial score (nSPS) is 18.5. The van der Waals surface area contributed by atoms with Crippen molar-refractivity contribution in [3.05, 3.63) is 54.0 Å². The third kappa shape index (κ3) is 4.57. The lowest BCUT2D eigenvalue weighted by atomic mass is 10.1. The molecule has 2 heterocycles. The van der Waals surface area contributed by atoms with E-state index in [9.17, 15) is 17.6 Å². The number of pyridine rings is 1. The van der Waals surface area contributed by atoms with Crippen molar-refractivity contribution >= 4 is 27.2 Å². The van der Waals surface area contributed by atoms with Gasteiger partial charge in [0.05, 0.1) is 29.8 Å². The first-order chi connectivity index (χ1) is 12.3. The molecule has 1 aliphatic rings. The highest BCUT2D eigenvalue weighted by Gasteiger charge is 2.31. The molecule has 0 saturated carbocycles. The Labute approximate surface area is 152 Å². The Bertz CT molecular complexity index is 900. The van der Waals surface area contributed by atoms with Gasteiger partial charge in [-0.1, -0.05) is 12.1 Å². The second-order valence-electron chi connectivity index (χ2n) is 6.43. The first kappa shape index (κ1) is 18.3. The number of benzene rings is 1. The van der Waals surface area contributed by atoms with Gasteiger partial charge >= 0.3 is 0 Å². The van der Waals surface area contributed by atoms with Gasteiger partial charge in [-0.3, -0.25) is 4.79 Å². The molecule has 6 nitrogen and oxygen atoms in total. The second-order valence-corrected chi connectivity index (χ2v) is 8.66. The summed E-state index contributed by atoms with van der Waals surface area (Å²) < 4.78 is 36.4. The van der Waals surface area contributed by atoms with Crippen molar-refractivity contribution in [2.24, 2.45) is 0 Å². The summed E-state index contributed by atoms with van der Waals surface area (Å²) in [7, 11) is -1.14. The summed E-state index contributed by atoms with van der Waals surface area (Å²) in [5.74, 6) is 0.349. The highest BCUT2D eigenvalue weighted by molar-refractivity contribution is 7.91. The number of halogens is 1. The number of carbonyl (C=O) groups excluding carboxylic acids is 1. The smallest absolute Gasteiger partial charge is 0.228 e. The molecule has 1 aliphatic heterocycles. The van der Waals surface area contributed by atoms with Crippen LogP contribution in [0.3, 0.4) is 0 Å². The number of nitrogens with one attached hydrogen (secondary N) is 1. The van der Waals surface area contributed by atoms with Gasteiger partial charge in [0.25, 0.3) is 0 Å². The van der Waals surface area contributed by atoms with E-state index >= 15 is 0 Å². The fourth-order valence-electron chi connectivity index (χ4n) is 2.97. The number of hydrogen-bond donors (Lipinski definition) is 1. The molecule has 0 spiro atoms. The molecule has 138 valence electrons. The molecule has 1 aromatic carbocycles. The number of carbonyl (C=O) groups is 1. The molecule has 0 aliphatic carbocycles. The highest BCUT2D eigenvalue weighted by atomic mass is 32.2. The van der Waals surface area contributed by atoms with E-state index in [4.69, 9.17) is 0 Å². The Morgan fingerprint density at radius 2 is 2.15 bits per heavy atom. The average Bonchev–Trinajstić information content (AvgIpc) is 2.95. The third-order valence-electron chi connectivity index (χ3n) is 4.40. The first-order valence-electron chi connectivity index (χ1n) is 8.26. The van der Waals surface area contributed by atoms with Crippen LogP contribution in [0.5, 0.6) is 0 Å². The topological polar surface area (TPSA) is 79.4 Å². The lowest BCUT2D eigenvalue weighted by molar-refractivity contribution is -0.115. The average molecular weight is 377 g/mol. The standard InChI is InChI=1S/C18H20FN3O3S/c1-22(16-7-8-26(24,25)12-16)17-6-5-15(11-20-17)21-18(23)10-13-3-2-4-14(19)9-13/h2-6,9,11,16H,7-8,10,12H2,1H3,(H,21,23). The van der Waals surface area contributed by atoms with Crippen LogP contribution >= 0.6 is 0 Å². The van der Waals surface area contributed by atoms with Crippen LogP contribution in [0.4, 0.5) is 15.9 Å². The molecule has 0 bridgehead atoms. The van der Waals surface area contributed by atoms with Crippen LogP contribution in [0, 0.1) is 5.82 Å². The largest absolute Gasteiger partial charge is 0.356 e. The summed E-state index contributed by atoms with van der Waals surface area (Å²) in [6.45, 7) is 0. The molecular weight excluding hydrogens is 357 g/mol. The van der Waals surface area contributed by atoms with Crippen molar-refractivity contribution in [3.8, 4) is 0 Å². The molecule has 26 heavy (non-hydrogen) atoms. The zero-order valence-electron chi connectivity index (χ0n) is 14.4. The van der Waals surface area contributed by atoms with E-state index in [0.29, 0.717) is 23.5 Å². The molecule has 1 N–H and O–H groups in total. The van der Waals surface area contributed by atoms with Gasteiger partial charge in [-0.15, -0.1) is 0 Å². The van der Waals surface area contributed by atoms with E-state index in [0.717, 1.165) is 0 Å². The van der Waals surface area contributed by atoms with E-state index < -0.39 is 9.84 Å². The number of aromatic nitrogens is 1. The minimum absolute atomic E-state index is 0.0688. The van der Waals surface area contributed by atoms with Gasteiger partial charge in [-0.2, -0.15) is 0 Å². The molecule has 3 rings (SSSR count). The summed E-state index contributed by atoms with van der Waals surface area (Å²) in [6.07, 6.45) is 2.19. The second kappa shape index (κ2) is 7.41. The van der Waals surface area contributed by atoms with Gasteiger partial charge in [0.2, 0.25) is 5.91 Å². The zero-order valence-corrected chi connectivity index (χ0v) is 15.2. The van der Waals surface area contributed by atoms with Crippen LogP contribution in [0.25, 0.3) is 0 Å². The van der Waals surface area contributed by atoms with Gasteiger partial charge in [-0.05, 0) is 36.2 Å². The predicted molar refractivity (Wildman–Crippen MR) is 98.4 cm³/mol. The van der Waals surface area contributed by atoms with Crippen LogP contribution in [0.1, 0.15) is 12.0 Å². The Hall–Kier alpha value is -2.48. The van der Waals surface area contributed by atoms with E-state index in [1.807, 2.05) is 11.9 Å². The Kier molecular flexibility index (Phi) is 5.22. The maximum atomic E-state index is 13.2. The van der Waals surface area contributed by atoms with Crippen molar-refractivity contribution in [2.45, 2.75) is 18.9 Å². The number of anilines is 2. The number of hydrogen-bond acceptors (Lipinski definition) is 5. The molecule has 0 radical (unpaired) electrons. The van der Waals surface area contributed by atoms with Crippen molar-refractivity contribution in [2.75, 3.05) is 28.8 Å². The maximum Gasteiger partial charge on any atom is 0.228 e. The Morgan fingerprint density at radius 1 is 1.35 bits per heavy atom. The molecule has 1 saturated heterocycles. The quantitative estimate of drug-likeness (QED) is 0.862. The third-order valence-corrected chi connectivity index (χ3v) is 6.15. The number of nitrogens with zero attached hydrogens (tertiary/aromatic N) is 2. The van der Waals surface area contributed by atoms with Crippen LogP contribution in [0.2, 0.25) is 0 Å². The summed E-state index contributed by atoms with van der Waals surface area (Å²) in [4.78, 5) is 18.2. The number of sulfone groups is 1. The number of rotatable bonds is 5. The van der Waals surface area contributed by atoms with Crippen LogP contribution in [-0.4, -0.2) is 43.9 Å². The molecule has 8 heteroatoms. The lowest BCUT2D eigenvalue weighted by Crippen LogP contribution is -2.33. The molecule has 1 aromatic heterocycles. The Balaban J connectivity index is 1.60. The molecule has 1 atom stereocenters. The zero-order chi connectivity index (χ0) is 18.7. The van der Waals surface area contributed by atoms with Gasteiger partial charge in [0.15, 0.2) is 9.84 Å². The van der Waals surface area contributed by atoms with E-state index in [1.165, 1.54) is 18.3 Å². The molecule has 2 aromatic rings. The van der Waals surface area contributed by atoms with Crippen LogP contribution in [0.15, 0.2) is 42.6 Å². The summed E-state index contributed by atoms with van der Waals surface area (Å²) in [5, 5.41) is 2.72. The molecular formula is C18H20FN3O3S. The van der Waals surface area contributed by atoms with Crippen molar-refractivity contribution < 1.29 is 17.6 Å². The molecule has 1 unspecified atom stereocenters. The highest BCUT2D eigenvalue weighted by Crippen LogP contribution is 2.22. The number of amides is 1. The van der Waals surface area contributed by atoms with E-state index in [-0.39, 0.29) is 35.7 Å². The minimum Gasteiger partial charge on any atom is -0.356 e. The van der Waals surface area contributed by atoms with Crippen molar-refractivity contribution in [3.63, 3.8) is 0 Å². The van der Waals surface area contributed by atoms with Gasteiger partial charge < -0.3 is 10.2 Å². The Morgan fingerprint density at radius 3 is 2.77 bits per heavy atom. The molecule has 1 amide bonds. The van der Waals surface area contributed by atoms with Crippen molar-refractivity contribution in [1.82, 2.24) is 4.98 Å². The monoisotopic (exact) mass is 377 g/mol. The minimum atomic E-state index is -2.96. The van der Waals surface area contributed by atoms with E-state index in [1.54, 1.807) is 24.3 Å². The predicted octanol–water partition coefficient (Wildman–Crippen LogP) is 2.03. The fraction of sp³-hybridized carbons (Fsp3) is 0.333. The SMILES string of the molecule is CN(c1ccc(NC(=O)Cc2cccc(F)c2)cn1)C1CCS(=O)(=O)C1. The summed E-state index contributed by atoms with van der Waals surface area (Å²) >= 11 is 0. The van der Waals surface area contributed by atoms with Crippen LogP contribution < -0.4 is 10.2 Å². The summed E-state index contributed by atoms with van der Waals surface area (Å²) in [5.41, 5.74) is 1.12. The van der Waals surface area contributed by atoms with Gasteiger partial charge in [0, 0.05) is 13.1 Å². The van der Waals surface area contributed by atoms with Crippen molar-refractivity contribution in [1.29, 1.82) is 0 Å². The van der Waals surface area contributed by atoms with Gasteiger partial charge in [-0.25, -0.2) is 17.8 Å². The molecule has 1 fully saturated rings. The first-order valence-corrected chi connectivity index (χ1v) is 10.1.